The second kappa shape index (κ2) is 7.86. The number of aromatic nitrogens is 3. The monoisotopic (exact) mass is 440 g/mol. The molecule has 132 valence electrons. The van der Waals surface area contributed by atoms with E-state index in [-0.39, 0.29) is 4.90 Å². The molecule has 1 aromatic carbocycles. The number of sulfonamides is 1. The van der Waals surface area contributed by atoms with Gasteiger partial charge < -0.3 is 0 Å². The Bertz CT molecular complexity index is 958. The molecule has 3 aromatic rings. The molecule has 2 aromatic heterocycles. The fourth-order valence-electron chi connectivity index (χ4n) is 2.44. The predicted octanol–water partition coefficient (Wildman–Crippen LogP) is 3.26. The molecule has 0 saturated heterocycles. The average molecular weight is 441 g/mol. The number of hydrogen-bond acceptors (Lipinski definition) is 5. The Labute approximate surface area is 159 Å². The summed E-state index contributed by atoms with van der Waals surface area (Å²) in [4.78, 5) is 0.221. The summed E-state index contributed by atoms with van der Waals surface area (Å²) >= 11 is 4.97. The maximum Gasteiger partial charge on any atom is 0.241 e. The number of nitrogens with zero attached hydrogens (tertiary/aromatic N) is 3. The van der Waals surface area contributed by atoms with Crippen molar-refractivity contribution in [3.63, 3.8) is 0 Å². The molecule has 0 saturated carbocycles. The molecule has 0 radical (unpaired) electrons. The molecule has 1 atom stereocenters. The van der Waals surface area contributed by atoms with Crippen LogP contribution in [0.1, 0.15) is 18.3 Å². The van der Waals surface area contributed by atoms with Crippen LogP contribution >= 0.6 is 27.7 Å². The highest BCUT2D eigenvalue weighted by Gasteiger charge is 2.25. The van der Waals surface area contributed by atoms with E-state index in [9.17, 15) is 8.42 Å². The molecular formula is C16H17BrN4O2S2. The van der Waals surface area contributed by atoms with E-state index >= 15 is 0 Å². The van der Waals surface area contributed by atoms with Crippen molar-refractivity contribution >= 4 is 43.4 Å². The number of fused-ring (bicyclic) bond motifs is 1. The molecule has 2 heterocycles. The molecule has 0 aliphatic carbocycles. The van der Waals surface area contributed by atoms with Crippen molar-refractivity contribution in [1.82, 2.24) is 19.3 Å². The quantitative estimate of drug-likeness (QED) is 0.609. The van der Waals surface area contributed by atoms with Crippen LogP contribution < -0.4 is 4.72 Å². The van der Waals surface area contributed by atoms with Gasteiger partial charge in [0.2, 0.25) is 10.0 Å². The van der Waals surface area contributed by atoms with E-state index in [1.165, 1.54) is 0 Å². The summed E-state index contributed by atoms with van der Waals surface area (Å²) in [6.45, 7) is 0. The maximum atomic E-state index is 12.8. The van der Waals surface area contributed by atoms with Crippen LogP contribution in [0, 0.1) is 0 Å². The van der Waals surface area contributed by atoms with Crippen LogP contribution in [0.5, 0.6) is 0 Å². The third-order valence-electron chi connectivity index (χ3n) is 3.68. The molecule has 0 aliphatic rings. The summed E-state index contributed by atoms with van der Waals surface area (Å²) in [5.41, 5.74) is 0.689. The Kier molecular flexibility index (Phi) is 5.78. The van der Waals surface area contributed by atoms with Gasteiger partial charge in [-0.3, -0.25) is 4.40 Å². The van der Waals surface area contributed by atoms with Crippen LogP contribution in [0.25, 0.3) is 5.65 Å². The highest BCUT2D eigenvalue weighted by Crippen LogP contribution is 2.22. The molecule has 0 spiro atoms. The molecule has 25 heavy (non-hydrogen) atoms. The number of halogens is 1. The third kappa shape index (κ3) is 4.22. The van der Waals surface area contributed by atoms with Crippen LogP contribution in [-0.2, 0) is 10.0 Å². The number of hydrogen-bond donors (Lipinski definition) is 1. The molecule has 0 bridgehead atoms. The average Bonchev–Trinajstić information content (AvgIpc) is 3.03. The predicted molar refractivity (Wildman–Crippen MR) is 103 cm³/mol. The van der Waals surface area contributed by atoms with Gasteiger partial charge in [0.25, 0.3) is 0 Å². The second-order valence-corrected chi connectivity index (χ2v) is 9.01. The summed E-state index contributed by atoms with van der Waals surface area (Å²) in [6, 6.07) is 11.7. The van der Waals surface area contributed by atoms with Crippen molar-refractivity contribution in [3.8, 4) is 0 Å². The van der Waals surface area contributed by atoms with Crippen molar-refractivity contribution in [2.75, 3.05) is 12.0 Å². The van der Waals surface area contributed by atoms with Gasteiger partial charge in [0.15, 0.2) is 11.5 Å². The fraction of sp³-hybridized carbons (Fsp3) is 0.250. The fourth-order valence-corrected chi connectivity index (χ4v) is 4.41. The normalized spacial score (nSPS) is 13.2. The van der Waals surface area contributed by atoms with Gasteiger partial charge in [0.1, 0.15) is 0 Å². The van der Waals surface area contributed by atoms with Crippen LogP contribution in [0.15, 0.2) is 58.0 Å². The minimum absolute atomic E-state index is 0.221. The smallest absolute Gasteiger partial charge is 0.241 e. The number of thioether (sulfide) groups is 1. The summed E-state index contributed by atoms with van der Waals surface area (Å²) in [5.74, 6) is 1.39. The Morgan fingerprint density at radius 3 is 2.68 bits per heavy atom. The topological polar surface area (TPSA) is 76.4 Å². The summed E-state index contributed by atoms with van der Waals surface area (Å²) in [6.07, 6.45) is 4.44. The number of rotatable bonds is 7. The van der Waals surface area contributed by atoms with Gasteiger partial charge >= 0.3 is 0 Å². The van der Waals surface area contributed by atoms with Crippen molar-refractivity contribution < 1.29 is 8.42 Å². The summed E-state index contributed by atoms with van der Waals surface area (Å²) < 4.78 is 30.9. The molecule has 0 amide bonds. The van der Waals surface area contributed by atoms with E-state index in [2.05, 4.69) is 30.8 Å². The Hall–Kier alpha value is -1.42. The van der Waals surface area contributed by atoms with Gasteiger partial charge in [-0.25, -0.2) is 13.1 Å². The third-order valence-corrected chi connectivity index (χ3v) is 6.34. The van der Waals surface area contributed by atoms with Crippen molar-refractivity contribution in [1.29, 1.82) is 0 Å². The molecule has 6 nitrogen and oxygen atoms in total. The number of nitrogens with one attached hydrogen (secondary N) is 1. The summed E-state index contributed by atoms with van der Waals surface area (Å²) in [5, 5.41) is 8.34. The molecule has 0 fully saturated rings. The number of pyridine rings is 1. The van der Waals surface area contributed by atoms with Gasteiger partial charge in [-0.1, -0.05) is 22.0 Å². The maximum absolute atomic E-state index is 12.8. The molecular weight excluding hydrogens is 424 g/mol. The van der Waals surface area contributed by atoms with Gasteiger partial charge in [0, 0.05) is 10.7 Å². The minimum atomic E-state index is -3.66. The minimum Gasteiger partial charge on any atom is -0.285 e. The first-order valence-corrected chi connectivity index (χ1v) is 11.2. The molecule has 1 N–H and O–H groups in total. The van der Waals surface area contributed by atoms with Gasteiger partial charge in [-0.15, -0.1) is 10.2 Å². The second-order valence-electron chi connectivity index (χ2n) is 5.40. The molecule has 3 rings (SSSR count). The van der Waals surface area contributed by atoms with Crippen molar-refractivity contribution in [2.45, 2.75) is 17.4 Å². The van der Waals surface area contributed by atoms with Gasteiger partial charge in [-0.05, 0) is 54.8 Å². The van der Waals surface area contributed by atoms with E-state index in [1.807, 2.05) is 35.1 Å². The zero-order valence-electron chi connectivity index (χ0n) is 13.5. The first kappa shape index (κ1) is 18.4. The first-order chi connectivity index (χ1) is 12.0. The standard InChI is InChI=1S/C16H17BrN4O2S2/c1-24-11-9-14(16-19-18-15-4-2-3-10-21(15)16)20-25(22,23)13-7-5-12(17)6-8-13/h2-8,10,14,20H,9,11H2,1H3. The zero-order chi connectivity index (χ0) is 17.9. The van der Waals surface area contributed by atoms with Crippen LogP contribution in [0.4, 0.5) is 0 Å². The SMILES string of the molecule is CSCCC(NS(=O)(=O)c1ccc(Br)cc1)c1nnc2ccccn12. The molecule has 0 aliphatic heterocycles. The Morgan fingerprint density at radius 2 is 1.96 bits per heavy atom. The Morgan fingerprint density at radius 1 is 1.20 bits per heavy atom. The highest BCUT2D eigenvalue weighted by molar-refractivity contribution is 9.10. The van der Waals surface area contributed by atoms with E-state index in [1.54, 1.807) is 36.0 Å². The molecule has 1 unspecified atom stereocenters. The van der Waals surface area contributed by atoms with E-state index in [0.29, 0.717) is 17.9 Å². The largest absolute Gasteiger partial charge is 0.285 e. The lowest BCUT2D eigenvalue weighted by atomic mass is 10.2. The first-order valence-electron chi connectivity index (χ1n) is 7.58. The highest BCUT2D eigenvalue weighted by atomic mass is 79.9. The van der Waals surface area contributed by atoms with Gasteiger partial charge in [0.05, 0.1) is 10.9 Å². The van der Waals surface area contributed by atoms with Crippen molar-refractivity contribution in [3.05, 3.63) is 59.0 Å². The van der Waals surface area contributed by atoms with Crippen LogP contribution in [0.3, 0.4) is 0 Å². The van der Waals surface area contributed by atoms with Crippen LogP contribution in [0.2, 0.25) is 0 Å². The van der Waals surface area contributed by atoms with E-state index in [0.717, 1.165) is 10.2 Å². The number of benzene rings is 1. The molecule has 9 heteroatoms. The Balaban J connectivity index is 1.94. The van der Waals surface area contributed by atoms with Gasteiger partial charge in [-0.2, -0.15) is 11.8 Å². The lowest BCUT2D eigenvalue weighted by Crippen LogP contribution is -2.30. The lowest BCUT2D eigenvalue weighted by Gasteiger charge is -2.17. The van der Waals surface area contributed by atoms with E-state index < -0.39 is 16.1 Å². The zero-order valence-corrected chi connectivity index (χ0v) is 16.7. The van der Waals surface area contributed by atoms with Crippen LogP contribution in [-0.4, -0.2) is 35.0 Å². The van der Waals surface area contributed by atoms with E-state index in [4.69, 9.17) is 0 Å². The van der Waals surface area contributed by atoms with Crippen molar-refractivity contribution in [2.24, 2.45) is 0 Å². The summed E-state index contributed by atoms with van der Waals surface area (Å²) in [7, 11) is -3.66. The lowest BCUT2D eigenvalue weighted by molar-refractivity contribution is 0.536.